The van der Waals surface area contributed by atoms with Crippen molar-refractivity contribution in [2.75, 3.05) is 26.2 Å². The fourth-order valence-electron chi connectivity index (χ4n) is 3.22. The fraction of sp³-hybridized carbons (Fsp3) is 1.00. The van der Waals surface area contributed by atoms with Gasteiger partial charge in [0, 0.05) is 38.3 Å². The van der Waals surface area contributed by atoms with Gasteiger partial charge in [0.15, 0.2) is 0 Å². The topological polar surface area (TPSA) is 24.5 Å². The Morgan fingerprint density at radius 2 is 2.22 bits per heavy atom. The minimum atomic E-state index is 0.496. The third-order valence-corrected chi connectivity index (χ3v) is 4.45. The maximum atomic E-state index is 5.82. The lowest BCUT2D eigenvalue weighted by Crippen LogP contribution is -2.59. The number of nitrogens with one attached hydrogen (secondary N) is 1. The molecule has 1 N–H and O–H groups in total. The summed E-state index contributed by atoms with van der Waals surface area (Å²) in [5, 5.41) is 3.73. The Morgan fingerprint density at radius 3 is 2.83 bits per heavy atom. The standard InChI is InChI=1S/C15H30N2O/c1-4-6-13-9-16-15(12(2)3)11-17(13)10-14-7-5-8-18-14/h12-16H,4-11H2,1-3H3. The molecule has 3 unspecified atom stereocenters. The average molecular weight is 254 g/mol. The van der Waals surface area contributed by atoms with Crippen LogP contribution in [0.25, 0.3) is 0 Å². The summed E-state index contributed by atoms with van der Waals surface area (Å²) < 4.78 is 5.82. The molecular weight excluding hydrogens is 224 g/mol. The highest BCUT2D eigenvalue weighted by Crippen LogP contribution is 2.20. The fourth-order valence-corrected chi connectivity index (χ4v) is 3.22. The van der Waals surface area contributed by atoms with Crippen LogP contribution in [0.5, 0.6) is 0 Å². The molecule has 2 aliphatic heterocycles. The van der Waals surface area contributed by atoms with Gasteiger partial charge in [0.2, 0.25) is 0 Å². The number of hydrogen-bond donors (Lipinski definition) is 1. The molecule has 2 fully saturated rings. The maximum absolute atomic E-state index is 5.82. The van der Waals surface area contributed by atoms with E-state index < -0.39 is 0 Å². The number of rotatable bonds is 5. The molecule has 0 amide bonds. The second-order valence-corrected chi connectivity index (χ2v) is 6.29. The molecule has 0 spiro atoms. The summed E-state index contributed by atoms with van der Waals surface area (Å²) >= 11 is 0. The van der Waals surface area contributed by atoms with Crippen molar-refractivity contribution in [1.29, 1.82) is 0 Å². The Hall–Kier alpha value is -0.120. The van der Waals surface area contributed by atoms with Crippen LogP contribution in [0, 0.1) is 5.92 Å². The molecule has 0 radical (unpaired) electrons. The molecule has 3 nitrogen and oxygen atoms in total. The van der Waals surface area contributed by atoms with E-state index in [1.165, 1.54) is 32.2 Å². The molecular formula is C15H30N2O. The summed E-state index contributed by atoms with van der Waals surface area (Å²) in [6, 6.07) is 1.37. The molecule has 0 aliphatic carbocycles. The molecule has 0 bridgehead atoms. The quantitative estimate of drug-likeness (QED) is 0.814. The van der Waals surface area contributed by atoms with E-state index in [1.807, 2.05) is 0 Å². The Labute approximate surface area is 112 Å². The van der Waals surface area contributed by atoms with Gasteiger partial charge in [0.05, 0.1) is 6.10 Å². The predicted octanol–water partition coefficient (Wildman–Crippen LogP) is 2.26. The highest BCUT2D eigenvalue weighted by Gasteiger charge is 2.31. The van der Waals surface area contributed by atoms with E-state index in [4.69, 9.17) is 4.74 Å². The Bertz CT molecular complexity index is 237. The zero-order chi connectivity index (χ0) is 13.0. The molecule has 2 heterocycles. The summed E-state index contributed by atoms with van der Waals surface area (Å²) in [5.41, 5.74) is 0. The largest absolute Gasteiger partial charge is 0.377 e. The lowest BCUT2D eigenvalue weighted by Gasteiger charge is -2.42. The van der Waals surface area contributed by atoms with Crippen LogP contribution in [0.4, 0.5) is 0 Å². The van der Waals surface area contributed by atoms with Crippen molar-refractivity contribution in [2.24, 2.45) is 5.92 Å². The van der Waals surface area contributed by atoms with Gasteiger partial charge in [-0.25, -0.2) is 0 Å². The summed E-state index contributed by atoms with van der Waals surface area (Å²) in [6.45, 7) is 11.4. The van der Waals surface area contributed by atoms with Crippen LogP contribution in [0.2, 0.25) is 0 Å². The van der Waals surface area contributed by atoms with Crippen LogP contribution in [0.3, 0.4) is 0 Å². The lowest BCUT2D eigenvalue weighted by molar-refractivity contribution is 0.0319. The van der Waals surface area contributed by atoms with Gasteiger partial charge in [-0.05, 0) is 25.2 Å². The van der Waals surface area contributed by atoms with Crippen molar-refractivity contribution in [3.05, 3.63) is 0 Å². The highest BCUT2D eigenvalue weighted by molar-refractivity contribution is 4.89. The van der Waals surface area contributed by atoms with E-state index in [0.29, 0.717) is 18.2 Å². The molecule has 106 valence electrons. The molecule has 3 heteroatoms. The number of ether oxygens (including phenoxy) is 1. The molecule has 18 heavy (non-hydrogen) atoms. The van der Waals surface area contributed by atoms with Crippen LogP contribution in [-0.4, -0.2) is 49.3 Å². The Kier molecular flexibility index (Phi) is 5.46. The first kappa shape index (κ1) is 14.3. The molecule has 3 atom stereocenters. The summed E-state index contributed by atoms with van der Waals surface area (Å²) in [6.07, 6.45) is 5.60. The van der Waals surface area contributed by atoms with Crippen LogP contribution >= 0.6 is 0 Å². The predicted molar refractivity (Wildman–Crippen MR) is 75.9 cm³/mol. The minimum Gasteiger partial charge on any atom is -0.377 e. The number of nitrogens with zero attached hydrogens (tertiary/aromatic N) is 1. The van der Waals surface area contributed by atoms with Crippen molar-refractivity contribution in [3.8, 4) is 0 Å². The first-order valence-corrected chi connectivity index (χ1v) is 7.79. The van der Waals surface area contributed by atoms with Crippen molar-refractivity contribution in [1.82, 2.24) is 10.2 Å². The monoisotopic (exact) mass is 254 g/mol. The summed E-state index contributed by atoms with van der Waals surface area (Å²) in [7, 11) is 0. The normalized spacial score (nSPS) is 34.3. The molecule has 2 rings (SSSR count). The SMILES string of the molecule is CCCC1CNC(C(C)C)CN1CC1CCCO1. The second-order valence-electron chi connectivity index (χ2n) is 6.29. The highest BCUT2D eigenvalue weighted by atomic mass is 16.5. The van der Waals surface area contributed by atoms with Crippen molar-refractivity contribution in [3.63, 3.8) is 0 Å². The molecule has 2 saturated heterocycles. The zero-order valence-electron chi connectivity index (χ0n) is 12.3. The van der Waals surface area contributed by atoms with E-state index in [0.717, 1.165) is 25.6 Å². The van der Waals surface area contributed by atoms with Crippen molar-refractivity contribution < 1.29 is 4.74 Å². The van der Waals surface area contributed by atoms with E-state index in [-0.39, 0.29) is 0 Å². The van der Waals surface area contributed by atoms with Gasteiger partial charge in [0.1, 0.15) is 0 Å². The van der Waals surface area contributed by atoms with E-state index in [2.05, 4.69) is 31.0 Å². The third-order valence-electron chi connectivity index (χ3n) is 4.45. The van der Waals surface area contributed by atoms with Crippen LogP contribution in [0.15, 0.2) is 0 Å². The van der Waals surface area contributed by atoms with Gasteiger partial charge in [-0.3, -0.25) is 4.90 Å². The van der Waals surface area contributed by atoms with Gasteiger partial charge in [0.25, 0.3) is 0 Å². The molecule has 0 aromatic rings. The van der Waals surface area contributed by atoms with E-state index in [1.54, 1.807) is 0 Å². The molecule has 0 aromatic carbocycles. The van der Waals surface area contributed by atoms with Gasteiger partial charge >= 0.3 is 0 Å². The zero-order valence-corrected chi connectivity index (χ0v) is 12.3. The first-order chi connectivity index (χ1) is 8.70. The van der Waals surface area contributed by atoms with E-state index >= 15 is 0 Å². The lowest BCUT2D eigenvalue weighted by atomic mass is 9.97. The van der Waals surface area contributed by atoms with Crippen molar-refractivity contribution >= 4 is 0 Å². The van der Waals surface area contributed by atoms with Gasteiger partial charge in [-0.1, -0.05) is 27.2 Å². The summed E-state index contributed by atoms with van der Waals surface area (Å²) in [5.74, 6) is 0.722. The second kappa shape index (κ2) is 6.88. The Morgan fingerprint density at radius 1 is 1.39 bits per heavy atom. The maximum Gasteiger partial charge on any atom is 0.0702 e. The Balaban J connectivity index is 1.90. The average Bonchev–Trinajstić information content (AvgIpc) is 2.84. The molecule has 0 aromatic heterocycles. The third kappa shape index (κ3) is 3.69. The van der Waals surface area contributed by atoms with Crippen LogP contribution < -0.4 is 5.32 Å². The summed E-state index contributed by atoms with van der Waals surface area (Å²) in [4.78, 5) is 2.70. The molecule has 0 saturated carbocycles. The van der Waals surface area contributed by atoms with Crippen LogP contribution in [-0.2, 0) is 4.74 Å². The smallest absolute Gasteiger partial charge is 0.0702 e. The van der Waals surface area contributed by atoms with Gasteiger partial charge < -0.3 is 10.1 Å². The molecule has 2 aliphatic rings. The van der Waals surface area contributed by atoms with Crippen molar-refractivity contribution in [2.45, 2.75) is 64.6 Å². The number of hydrogen-bond acceptors (Lipinski definition) is 3. The van der Waals surface area contributed by atoms with Crippen LogP contribution in [0.1, 0.15) is 46.5 Å². The first-order valence-electron chi connectivity index (χ1n) is 7.79. The van der Waals surface area contributed by atoms with E-state index in [9.17, 15) is 0 Å². The van der Waals surface area contributed by atoms with Gasteiger partial charge in [-0.2, -0.15) is 0 Å². The minimum absolute atomic E-state index is 0.496. The van der Waals surface area contributed by atoms with Gasteiger partial charge in [-0.15, -0.1) is 0 Å². The number of piperazine rings is 1.